The topological polar surface area (TPSA) is 55.1 Å². The summed E-state index contributed by atoms with van der Waals surface area (Å²) in [5.74, 6) is -0.0826. The molecule has 3 N–H and O–H groups in total. The number of nitrogens with one attached hydrogen (secondary N) is 1. The largest absolute Gasteiger partial charge is 0.354 e. The summed E-state index contributed by atoms with van der Waals surface area (Å²) in [6.07, 6.45) is 0. The second-order valence-corrected chi connectivity index (χ2v) is 8.40. The minimum atomic E-state index is -0.479. The molecule has 112 valence electrons. The number of benzene rings is 1. The number of carbonyl (C=O) groups excluding carboxylic acids is 1. The van der Waals surface area contributed by atoms with Gasteiger partial charge >= 0.3 is 0 Å². The van der Waals surface area contributed by atoms with Crippen molar-refractivity contribution in [3.8, 4) is 0 Å². The van der Waals surface area contributed by atoms with Crippen LogP contribution in [0.5, 0.6) is 0 Å². The number of hydrogen-bond acceptors (Lipinski definition) is 3. The highest BCUT2D eigenvalue weighted by atomic mass is 79.9. The summed E-state index contributed by atoms with van der Waals surface area (Å²) in [6.45, 7) is 8.62. The summed E-state index contributed by atoms with van der Waals surface area (Å²) < 4.78 is 1.07. The van der Waals surface area contributed by atoms with Gasteiger partial charge in [-0.05, 0) is 29.7 Å². The Balaban J connectivity index is 2.42. The van der Waals surface area contributed by atoms with E-state index < -0.39 is 6.04 Å². The van der Waals surface area contributed by atoms with Gasteiger partial charge < -0.3 is 11.1 Å². The van der Waals surface area contributed by atoms with Gasteiger partial charge in [-0.25, -0.2) is 0 Å². The molecular formula is C15H23BrN2OS. The number of nitrogens with two attached hydrogens (primary N) is 1. The lowest BCUT2D eigenvalue weighted by atomic mass is 9.87. The van der Waals surface area contributed by atoms with Gasteiger partial charge in [-0.2, -0.15) is 0 Å². The smallest absolute Gasteiger partial charge is 0.237 e. The average molecular weight is 359 g/mol. The molecule has 0 radical (unpaired) electrons. The molecule has 1 unspecified atom stereocenters. The van der Waals surface area contributed by atoms with E-state index in [1.807, 2.05) is 32.9 Å². The molecule has 1 rings (SSSR count). The maximum absolute atomic E-state index is 11.9. The van der Waals surface area contributed by atoms with Gasteiger partial charge in [0.05, 0.1) is 6.04 Å². The maximum Gasteiger partial charge on any atom is 0.237 e. The molecule has 0 saturated carbocycles. The molecule has 2 atom stereocenters. The van der Waals surface area contributed by atoms with Gasteiger partial charge in [0.25, 0.3) is 0 Å². The van der Waals surface area contributed by atoms with Crippen molar-refractivity contribution in [2.24, 2.45) is 11.1 Å². The van der Waals surface area contributed by atoms with Crippen LogP contribution in [0.2, 0.25) is 0 Å². The van der Waals surface area contributed by atoms with Crippen LogP contribution in [0.25, 0.3) is 0 Å². The number of carbonyl (C=O) groups is 1. The third-order valence-electron chi connectivity index (χ3n) is 2.93. The van der Waals surface area contributed by atoms with Gasteiger partial charge in [-0.15, -0.1) is 11.8 Å². The van der Waals surface area contributed by atoms with E-state index in [0.717, 1.165) is 4.47 Å². The predicted octanol–water partition coefficient (Wildman–Crippen LogP) is 3.42. The van der Waals surface area contributed by atoms with E-state index in [9.17, 15) is 4.79 Å². The zero-order valence-electron chi connectivity index (χ0n) is 12.4. The van der Waals surface area contributed by atoms with E-state index >= 15 is 0 Å². The minimum Gasteiger partial charge on any atom is -0.354 e. The Morgan fingerprint density at radius 1 is 1.35 bits per heavy atom. The van der Waals surface area contributed by atoms with Crippen LogP contribution in [-0.2, 0) is 4.79 Å². The normalized spacial score (nSPS) is 14.7. The summed E-state index contributed by atoms with van der Waals surface area (Å²) in [5.41, 5.74) is 5.71. The van der Waals surface area contributed by atoms with Gasteiger partial charge in [-0.1, -0.05) is 43.6 Å². The second-order valence-electron chi connectivity index (χ2n) is 5.97. The van der Waals surface area contributed by atoms with Crippen LogP contribution in [0.4, 0.5) is 0 Å². The molecule has 1 aromatic rings. The number of amides is 1. The first kappa shape index (κ1) is 17.5. The molecule has 5 heteroatoms. The lowest BCUT2D eigenvalue weighted by molar-refractivity contribution is -0.124. The molecule has 20 heavy (non-hydrogen) atoms. The average Bonchev–Trinajstić information content (AvgIpc) is 2.36. The van der Waals surface area contributed by atoms with Gasteiger partial charge in [0.15, 0.2) is 0 Å². The monoisotopic (exact) mass is 358 g/mol. The Morgan fingerprint density at radius 2 is 1.90 bits per heavy atom. The predicted molar refractivity (Wildman–Crippen MR) is 89.9 cm³/mol. The highest BCUT2D eigenvalue weighted by Crippen LogP contribution is 2.24. The molecule has 0 aliphatic heterocycles. The molecule has 3 nitrogen and oxygen atoms in total. The molecule has 1 aromatic carbocycles. The first-order chi connectivity index (χ1) is 9.20. The van der Waals surface area contributed by atoms with Gasteiger partial charge in [-0.3, -0.25) is 4.79 Å². The fraction of sp³-hybridized carbons (Fsp3) is 0.533. The van der Waals surface area contributed by atoms with Gasteiger partial charge in [0.1, 0.15) is 0 Å². The van der Waals surface area contributed by atoms with Crippen LogP contribution >= 0.6 is 27.7 Å². The Kier molecular flexibility index (Phi) is 6.55. The van der Waals surface area contributed by atoms with E-state index in [4.69, 9.17) is 5.73 Å². The van der Waals surface area contributed by atoms with Crippen molar-refractivity contribution < 1.29 is 4.79 Å². The molecule has 0 heterocycles. The van der Waals surface area contributed by atoms with Crippen molar-refractivity contribution in [1.29, 1.82) is 0 Å². The summed E-state index contributed by atoms with van der Waals surface area (Å²) in [7, 11) is 0. The van der Waals surface area contributed by atoms with Crippen molar-refractivity contribution in [2.75, 3.05) is 6.54 Å². The van der Waals surface area contributed by atoms with Crippen LogP contribution < -0.4 is 11.1 Å². The van der Waals surface area contributed by atoms with Crippen molar-refractivity contribution in [3.05, 3.63) is 28.7 Å². The molecule has 0 aliphatic rings. The summed E-state index contributed by atoms with van der Waals surface area (Å²) in [4.78, 5) is 13.1. The van der Waals surface area contributed by atoms with E-state index in [-0.39, 0.29) is 11.3 Å². The van der Waals surface area contributed by atoms with E-state index in [1.54, 1.807) is 11.8 Å². The van der Waals surface area contributed by atoms with Crippen molar-refractivity contribution in [3.63, 3.8) is 0 Å². The highest BCUT2D eigenvalue weighted by Gasteiger charge is 2.27. The standard InChI is InChI=1S/C15H23BrN2OS/c1-10(20-12-7-5-11(16)6-8-12)9-18-14(19)13(17)15(2,3)4/h5-8,10,13H,9,17H2,1-4H3,(H,18,19)/t10?,13-/m1/s1. The first-order valence-corrected chi connectivity index (χ1v) is 8.33. The van der Waals surface area contributed by atoms with E-state index in [2.05, 4.69) is 40.3 Å². The third kappa shape index (κ3) is 5.85. The molecule has 0 aliphatic carbocycles. The maximum atomic E-state index is 11.9. The molecule has 0 spiro atoms. The quantitative estimate of drug-likeness (QED) is 0.792. The Bertz CT molecular complexity index is 442. The fourth-order valence-corrected chi connectivity index (χ4v) is 2.72. The molecular weight excluding hydrogens is 336 g/mol. The van der Waals surface area contributed by atoms with Gasteiger partial charge in [0, 0.05) is 21.2 Å². The number of hydrogen-bond donors (Lipinski definition) is 2. The fourth-order valence-electron chi connectivity index (χ4n) is 1.53. The van der Waals surface area contributed by atoms with Crippen molar-refractivity contribution in [1.82, 2.24) is 5.32 Å². The second kappa shape index (κ2) is 7.48. The summed E-state index contributed by atoms with van der Waals surface area (Å²) in [6, 6.07) is 7.68. The highest BCUT2D eigenvalue weighted by molar-refractivity contribution is 9.10. The molecule has 1 amide bonds. The zero-order valence-corrected chi connectivity index (χ0v) is 14.8. The van der Waals surface area contributed by atoms with Crippen LogP contribution in [0, 0.1) is 5.41 Å². The Labute approximate surface area is 134 Å². The molecule has 0 bridgehead atoms. The van der Waals surface area contributed by atoms with E-state index in [0.29, 0.717) is 11.8 Å². The minimum absolute atomic E-state index is 0.0826. The SMILES string of the molecule is CC(CNC(=O)[C@@H](N)C(C)(C)C)Sc1ccc(Br)cc1. The molecule has 0 fully saturated rings. The van der Waals surface area contributed by atoms with Crippen LogP contribution in [0.1, 0.15) is 27.7 Å². The molecule has 0 aromatic heterocycles. The molecule has 0 saturated heterocycles. The third-order valence-corrected chi connectivity index (χ3v) is 4.57. The van der Waals surface area contributed by atoms with Crippen molar-refractivity contribution >= 4 is 33.6 Å². The van der Waals surface area contributed by atoms with Crippen LogP contribution in [0.15, 0.2) is 33.6 Å². The lowest BCUT2D eigenvalue weighted by Gasteiger charge is -2.26. The number of rotatable bonds is 5. The Hall–Kier alpha value is -0.520. The summed E-state index contributed by atoms with van der Waals surface area (Å²) in [5, 5.41) is 3.22. The number of thioether (sulfide) groups is 1. The lowest BCUT2D eigenvalue weighted by Crippen LogP contribution is -2.49. The van der Waals surface area contributed by atoms with Crippen LogP contribution in [0.3, 0.4) is 0 Å². The van der Waals surface area contributed by atoms with Crippen molar-refractivity contribution in [2.45, 2.75) is 43.9 Å². The first-order valence-electron chi connectivity index (χ1n) is 6.65. The summed E-state index contributed by atoms with van der Waals surface area (Å²) >= 11 is 5.15. The Morgan fingerprint density at radius 3 is 2.40 bits per heavy atom. The number of halogens is 1. The zero-order chi connectivity index (χ0) is 15.3. The van der Waals surface area contributed by atoms with Crippen LogP contribution in [-0.4, -0.2) is 23.7 Å². The van der Waals surface area contributed by atoms with Gasteiger partial charge in [0.2, 0.25) is 5.91 Å². The van der Waals surface area contributed by atoms with E-state index in [1.165, 1.54) is 4.90 Å².